The lowest BCUT2D eigenvalue weighted by molar-refractivity contribution is 0.0452. The van der Waals surface area contributed by atoms with E-state index in [1.165, 1.54) is 4.83 Å². The highest BCUT2D eigenvalue weighted by Gasteiger charge is 2.29. The van der Waals surface area contributed by atoms with Crippen LogP contribution in [0.25, 0.3) is 32.8 Å². The maximum Gasteiger partial charge on any atom is 0.407 e. The summed E-state index contributed by atoms with van der Waals surface area (Å²) < 4.78 is 20.8. The lowest BCUT2D eigenvalue weighted by atomic mass is 10.0. The minimum absolute atomic E-state index is 0.118. The molecule has 4 aromatic rings. The summed E-state index contributed by atoms with van der Waals surface area (Å²) in [5.41, 5.74) is 2.41. The molecule has 4 heterocycles. The second-order valence-electron chi connectivity index (χ2n) is 11.1. The molecule has 1 unspecified atom stereocenters. The molecule has 10 nitrogen and oxygen atoms in total. The van der Waals surface area contributed by atoms with Gasteiger partial charge in [-0.05, 0) is 63.3 Å². The predicted octanol–water partition coefficient (Wildman–Crippen LogP) is 5.04. The number of alkyl carbamates (subject to hydrolysis) is 1. The summed E-state index contributed by atoms with van der Waals surface area (Å²) in [7, 11) is 5.27. The molecule has 1 N–H and O–H groups in total. The Balaban J connectivity index is 1.45. The number of hydrogen-bond donors (Lipinski definition) is 1. The Bertz CT molecular complexity index is 1550. The third kappa shape index (κ3) is 5.53. The van der Waals surface area contributed by atoms with Crippen molar-refractivity contribution in [3.8, 4) is 17.3 Å². The van der Waals surface area contributed by atoms with Crippen LogP contribution in [-0.4, -0.2) is 76.6 Å². The predicted molar refractivity (Wildman–Crippen MR) is 156 cm³/mol. The maximum absolute atomic E-state index is 13.7. The molecule has 1 aromatic carbocycles. The topological polar surface area (TPSA) is 99.9 Å². The number of benzene rings is 1. The lowest BCUT2D eigenvalue weighted by Gasteiger charge is -2.33. The van der Waals surface area contributed by atoms with Crippen LogP contribution in [0.1, 0.15) is 44.0 Å². The highest BCUT2D eigenvalue weighted by Crippen LogP contribution is 2.36. The Morgan fingerprint density at radius 1 is 1.20 bits per heavy atom. The van der Waals surface area contributed by atoms with Crippen LogP contribution in [0.15, 0.2) is 29.6 Å². The largest absolute Gasteiger partial charge is 0.494 e. The quantitative estimate of drug-likeness (QED) is 0.336. The van der Waals surface area contributed by atoms with Gasteiger partial charge in [0, 0.05) is 50.8 Å². The van der Waals surface area contributed by atoms with Crippen molar-refractivity contribution < 1.29 is 23.8 Å². The van der Waals surface area contributed by atoms with Crippen LogP contribution in [0, 0.1) is 0 Å². The Kier molecular flexibility index (Phi) is 7.78. The van der Waals surface area contributed by atoms with E-state index in [9.17, 15) is 9.59 Å². The van der Waals surface area contributed by atoms with Crippen molar-refractivity contribution in [1.82, 2.24) is 24.3 Å². The van der Waals surface area contributed by atoms with Crippen molar-refractivity contribution in [2.45, 2.75) is 51.8 Å². The monoisotopic (exact) mass is 567 g/mol. The van der Waals surface area contributed by atoms with Crippen LogP contribution in [-0.2, 0) is 23.1 Å². The Morgan fingerprint density at radius 3 is 2.73 bits per heavy atom. The van der Waals surface area contributed by atoms with Gasteiger partial charge in [0.1, 0.15) is 21.7 Å². The fraction of sp³-hybridized carbons (Fsp3) is 0.483. The second-order valence-corrected chi connectivity index (χ2v) is 12.0. The van der Waals surface area contributed by atoms with E-state index in [2.05, 4.69) is 27.4 Å². The van der Waals surface area contributed by atoms with Crippen LogP contribution in [0.5, 0.6) is 5.75 Å². The molecule has 1 saturated heterocycles. The first-order valence-electron chi connectivity index (χ1n) is 13.5. The number of nitrogens with one attached hydrogen (secondary N) is 1. The van der Waals surface area contributed by atoms with E-state index in [1.54, 1.807) is 36.5 Å². The average molecular weight is 568 g/mol. The molecule has 0 saturated carbocycles. The number of rotatable bonds is 7. The molecule has 1 aliphatic heterocycles. The summed E-state index contributed by atoms with van der Waals surface area (Å²) in [5.74, 6) is 1.25. The molecule has 40 heavy (non-hydrogen) atoms. The van der Waals surface area contributed by atoms with E-state index in [-0.39, 0.29) is 11.9 Å². The summed E-state index contributed by atoms with van der Waals surface area (Å²) in [5, 5.41) is 6.16. The van der Waals surface area contributed by atoms with Gasteiger partial charge < -0.3 is 33.6 Å². The standard InChI is InChI=1S/C29H37N5O5S/c1-29(2,3)39-28(36)30-20-8-7-10-33(17-20)26(35)19-14-21-24(23(16-19)38-6)32(4)25(31-21)22-15-18-9-13-40-27(18)34(22)11-12-37-5/h9,13-16,20H,7-8,10-12,17H2,1-6H3,(H,30,36). The summed E-state index contributed by atoms with van der Waals surface area (Å²) >= 11 is 1.69. The van der Waals surface area contributed by atoms with Crippen molar-refractivity contribution in [2.24, 2.45) is 7.05 Å². The number of methoxy groups -OCH3 is 2. The number of aryl methyl sites for hydroxylation is 1. The van der Waals surface area contributed by atoms with Crippen LogP contribution in [0.4, 0.5) is 4.79 Å². The van der Waals surface area contributed by atoms with E-state index < -0.39 is 11.7 Å². The molecule has 5 rings (SSSR count). The van der Waals surface area contributed by atoms with Crippen molar-refractivity contribution in [2.75, 3.05) is 33.9 Å². The van der Waals surface area contributed by atoms with Crippen LogP contribution in [0.2, 0.25) is 0 Å². The number of imidazole rings is 1. The molecule has 11 heteroatoms. The zero-order valence-electron chi connectivity index (χ0n) is 23.9. The molecule has 1 atom stereocenters. The van der Waals surface area contributed by atoms with Crippen molar-refractivity contribution in [1.29, 1.82) is 0 Å². The molecule has 3 aromatic heterocycles. The molecular weight excluding hydrogens is 530 g/mol. The first-order chi connectivity index (χ1) is 19.1. The number of hydrogen-bond acceptors (Lipinski definition) is 7. The number of fused-ring (bicyclic) bond motifs is 2. The highest BCUT2D eigenvalue weighted by atomic mass is 32.1. The number of carbonyl (C=O) groups is 2. The van der Waals surface area contributed by atoms with Gasteiger partial charge in [0.15, 0.2) is 5.82 Å². The average Bonchev–Trinajstić information content (AvgIpc) is 3.59. The van der Waals surface area contributed by atoms with Crippen LogP contribution in [0.3, 0.4) is 0 Å². The second kappa shape index (κ2) is 11.1. The Labute approximate surface area is 237 Å². The van der Waals surface area contributed by atoms with Gasteiger partial charge in [-0.15, -0.1) is 11.3 Å². The van der Waals surface area contributed by atoms with Gasteiger partial charge in [0.2, 0.25) is 0 Å². The van der Waals surface area contributed by atoms with E-state index in [4.69, 9.17) is 19.2 Å². The lowest BCUT2D eigenvalue weighted by Crippen LogP contribution is -2.50. The molecule has 2 amide bonds. The zero-order chi connectivity index (χ0) is 28.6. The SMILES string of the molecule is COCCn1c(-c2nc3cc(C(=O)N4CCCC(NC(=O)OC(C)(C)C)C4)cc(OC)c3n2C)cc2ccsc21. The number of carbonyl (C=O) groups excluding carboxylic acids is 2. The van der Waals surface area contributed by atoms with E-state index >= 15 is 0 Å². The van der Waals surface area contributed by atoms with Gasteiger partial charge in [-0.2, -0.15) is 0 Å². The molecule has 0 aliphatic carbocycles. The van der Waals surface area contributed by atoms with Crippen LogP contribution >= 0.6 is 11.3 Å². The Morgan fingerprint density at radius 2 is 2.00 bits per heavy atom. The smallest absolute Gasteiger partial charge is 0.407 e. The van der Waals surface area contributed by atoms with Crippen LogP contribution < -0.4 is 10.1 Å². The summed E-state index contributed by atoms with van der Waals surface area (Å²) in [6.07, 6.45) is 1.11. The van der Waals surface area contributed by atoms with Gasteiger partial charge in [-0.1, -0.05) is 0 Å². The summed E-state index contributed by atoms with van der Waals surface area (Å²) in [6, 6.07) is 7.69. The van der Waals surface area contributed by atoms with Crippen molar-refractivity contribution >= 4 is 44.6 Å². The molecular formula is C29H37N5O5S. The number of likely N-dealkylation sites (tertiary alicyclic amines) is 1. The number of amides is 2. The third-order valence-electron chi connectivity index (χ3n) is 7.08. The first kappa shape index (κ1) is 28.0. The minimum atomic E-state index is -0.581. The van der Waals surface area contributed by atoms with Gasteiger partial charge in [-0.3, -0.25) is 4.79 Å². The Hall–Kier alpha value is -3.57. The fourth-order valence-corrected chi connectivity index (χ4v) is 6.24. The number of nitrogens with zero attached hydrogens (tertiary/aromatic N) is 4. The summed E-state index contributed by atoms with van der Waals surface area (Å²) in [4.78, 5) is 33.9. The highest BCUT2D eigenvalue weighted by molar-refractivity contribution is 7.16. The minimum Gasteiger partial charge on any atom is -0.494 e. The van der Waals surface area contributed by atoms with Gasteiger partial charge in [0.25, 0.3) is 5.91 Å². The van der Waals surface area contributed by atoms with Crippen molar-refractivity contribution in [3.63, 3.8) is 0 Å². The molecule has 214 valence electrons. The normalized spacial score (nSPS) is 16.1. The molecule has 0 spiro atoms. The number of ether oxygens (including phenoxy) is 3. The van der Waals surface area contributed by atoms with E-state index in [1.807, 2.05) is 38.5 Å². The number of piperidine rings is 1. The molecule has 1 aliphatic rings. The van der Waals surface area contributed by atoms with E-state index in [0.717, 1.165) is 35.3 Å². The molecule has 0 radical (unpaired) electrons. The van der Waals surface area contributed by atoms with E-state index in [0.29, 0.717) is 43.1 Å². The third-order valence-corrected chi connectivity index (χ3v) is 8.03. The zero-order valence-corrected chi connectivity index (χ0v) is 24.8. The number of thiophene rings is 1. The first-order valence-corrected chi connectivity index (χ1v) is 14.4. The molecule has 1 fully saturated rings. The van der Waals surface area contributed by atoms with Gasteiger partial charge in [-0.25, -0.2) is 9.78 Å². The number of aromatic nitrogens is 3. The van der Waals surface area contributed by atoms with Crippen molar-refractivity contribution in [3.05, 3.63) is 35.2 Å². The van der Waals surface area contributed by atoms with Gasteiger partial charge >= 0.3 is 6.09 Å². The fourth-order valence-electron chi connectivity index (χ4n) is 5.32. The maximum atomic E-state index is 13.7. The summed E-state index contributed by atoms with van der Waals surface area (Å²) in [6.45, 7) is 7.80. The molecule has 0 bridgehead atoms. The van der Waals surface area contributed by atoms with Gasteiger partial charge in [0.05, 0.1) is 24.9 Å².